The van der Waals surface area contributed by atoms with Crippen LogP contribution in [0.3, 0.4) is 0 Å². The molecule has 1 heterocycles. The van der Waals surface area contributed by atoms with Crippen molar-refractivity contribution in [1.29, 1.82) is 0 Å². The standard InChI is InChI=1S/C18H18ClF3N4O/c1-10-23-15(17(27)25-12-4-2-3-5-12)9-16(24-10)26-14-7-6-11(19)8-13(14)18(20,21)22/h6-9,12H,2-5H2,1H3,(H,25,27)(H,23,24,26). The van der Waals surface area contributed by atoms with Gasteiger partial charge in [-0.05, 0) is 38.0 Å². The number of alkyl halides is 3. The number of aryl methyl sites for hydroxylation is 1. The highest BCUT2D eigenvalue weighted by atomic mass is 35.5. The number of anilines is 2. The largest absolute Gasteiger partial charge is 0.418 e. The van der Waals surface area contributed by atoms with Gasteiger partial charge in [0.15, 0.2) is 0 Å². The molecule has 1 aliphatic carbocycles. The van der Waals surface area contributed by atoms with Crippen LogP contribution in [0.5, 0.6) is 0 Å². The number of rotatable bonds is 4. The van der Waals surface area contributed by atoms with Crippen molar-refractivity contribution in [1.82, 2.24) is 15.3 Å². The molecule has 0 bridgehead atoms. The number of benzene rings is 1. The van der Waals surface area contributed by atoms with Crippen molar-refractivity contribution >= 4 is 29.0 Å². The molecule has 144 valence electrons. The third-order valence-corrected chi connectivity index (χ3v) is 4.55. The van der Waals surface area contributed by atoms with Gasteiger partial charge in [-0.2, -0.15) is 13.2 Å². The van der Waals surface area contributed by atoms with E-state index in [1.165, 1.54) is 18.2 Å². The molecule has 2 aromatic rings. The van der Waals surface area contributed by atoms with Crippen molar-refractivity contribution in [3.8, 4) is 0 Å². The predicted molar refractivity (Wildman–Crippen MR) is 96.2 cm³/mol. The van der Waals surface area contributed by atoms with Crippen molar-refractivity contribution in [2.24, 2.45) is 0 Å². The minimum Gasteiger partial charge on any atom is -0.348 e. The number of nitrogens with zero attached hydrogens (tertiary/aromatic N) is 2. The van der Waals surface area contributed by atoms with E-state index >= 15 is 0 Å². The molecule has 0 spiro atoms. The first-order chi connectivity index (χ1) is 12.7. The Hall–Kier alpha value is -2.35. The zero-order valence-corrected chi connectivity index (χ0v) is 15.3. The predicted octanol–water partition coefficient (Wildman–Crippen LogP) is 4.87. The minimum absolute atomic E-state index is 0.0247. The molecule has 1 fully saturated rings. The number of nitrogens with one attached hydrogen (secondary N) is 2. The molecule has 1 aliphatic rings. The second-order valence-corrected chi connectivity index (χ2v) is 6.89. The van der Waals surface area contributed by atoms with Crippen molar-refractivity contribution in [2.75, 3.05) is 5.32 Å². The van der Waals surface area contributed by atoms with E-state index in [0.29, 0.717) is 0 Å². The summed E-state index contributed by atoms with van der Waals surface area (Å²) in [7, 11) is 0. The van der Waals surface area contributed by atoms with Crippen LogP contribution in [0.4, 0.5) is 24.7 Å². The molecule has 1 amide bonds. The van der Waals surface area contributed by atoms with E-state index in [2.05, 4.69) is 20.6 Å². The van der Waals surface area contributed by atoms with E-state index in [0.717, 1.165) is 31.7 Å². The van der Waals surface area contributed by atoms with E-state index in [1.807, 2.05) is 0 Å². The summed E-state index contributed by atoms with van der Waals surface area (Å²) < 4.78 is 39.7. The molecule has 2 N–H and O–H groups in total. The van der Waals surface area contributed by atoms with Gasteiger partial charge in [0.2, 0.25) is 0 Å². The molecule has 5 nitrogen and oxygen atoms in total. The summed E-state index contributed by atoms with van der Waals surface area (Å²) in [5.41, 5.74) is -1.00. The number of carbonyl (C=O) groups is 1. The van der Waals surface area contributed by atoms with Gasteiger partial charge in [0, 0.05) is 17.1 Å². The maximum atomic E-state index is 13.2. The quantitative estimate of drug-likeness (QED) is 0.770. The summed E-state index contributed by atoms with van der Waals surface area (Å²) in [6.07, 6.45) is -0.617. The minimum atomic E-state index is -4.59. The number of halogens is 4. The summed E-state index contributed by atoms with van der Waals surface area (Å²) in [6.45, 7) is 1.57. The fraction of sp³-hybridized carbons (Fsp3) is 0.389. The van der Waals surface area contributed by atoms with Crippen LogP contribution in [0, 0.1) is 6.92 Å². The first-order valence-electron chi connectivity index (χ1n) is 8.53. The Morgan fingerprint density at radius 3 is 2.56 bits per heavy atom. The van der Waals surface area contributed by atoms with Gasteiger partial charge in [0.05, 0.1) is 11.3 Å². The smallest absolute Gasteiger partial charge is 0.348 e. The lowest BCUT2D eigenvalue weighted by Gasteiger charge is -2.16. The number of hydrogen-bond acceptors (Lipinski definition) is 4. The zero-order valence-electron chi connectivity index (χ0n) is 14.5. The van der Waals surface area contributed by atoms with Crippen LogP contribution in [-0.2, 0) is 6.18 Å². The van der Waals surface area contributed by atoms with E-state index in [4.69, 9.17) is 11.6 Å². The summed E-state index contributed by atoms with van der Waals surface area (Å²) in [6, 6.07) is 4.86. The van der Waals surface area contributed by atoms with Gasteiger partial charge in [-0.25, -0.2) is 9.97 Å². The summed E-state index contributed by atoms with van der Waals surface area (Å²) >= 11 is 5.69. The Morgan fingerprint density at radius 1 is 1.19 bits per heavy atom. The number of amides is 1. The highest BCUT2D eigenvalue weighted by molar-refractivity contribution is 6.30. The van der Waals surface area contributed by atoms with Crippen molar-refractivity contribution in [3.63, 3.8) is 0 Å². The first-order valence-corrected chi connectivity index (χ1v) is 8.90. The van der Waals surface area contributed by atoms with Crippen molar-refractivity contribution in [2.45, 2.75) is 44.8 Å². The average molecular weight is 399 g/mol. The maximum Gasteiger partial charge on any atom is 0.418 e. The van der Waals surface area contributed by atoms with E-state index < -0.39 is 11.7 Å². The monoisotopic (exact) mass is 398 g/mol. The van der Waals surface area contributed by atoms with E-state index in [9.17, 15) is 18.0 Å². The Bertz CT molecular complexity index is 851. The molecule has 0 saturated heterocycles. The molecular weight excluding hydrogens is 381 g/mol. The Balaban J connectivity index is 1.86. The lowest BCUT2D eigenvalue weighted by atomic mass is 10.1. The molecule has 0 radical (unpaired) electrons. The van der Waals surface area contributed by atoms with Crippen LogP contribution in [0.25, 0.3) is 0 Å². The number of aromatic nitrogens is 2. The maximum absolute atomic E-state index is 13.2. The zero-order chi connectivity index (χ0) is 19.6. The van der Waals surface area contributed by atoms with Crippen molar-refractivity contribution < 1.29 is 18.0 Å². The highest BCUT2D eigenvalue weighted by Crippen LogP contribution is 2.37. The summed E-state index contributed by atoms with van der Waals surface area (Å²) in [5.74, 6) is 0.0218. The SMILES string of the molecule is Cc1nc(Nc2ccc(Cl)cc2C(F)(F)F)cc(C(=O)NC2CCCC2)n1. The fourth-order valence-corrected chi connectivity index (χ4v) is 3.25. The van der Waals surface area contributed by atoms with Gasteiger partial charge in [0.25, 0.3) is 5.91 Å². The van der Waals surface area contributed by atoms with Gasteiger partial charge in [-0.15, -0.1) is 0 Å². The van der Waals surface area contributed by atoms with E-state index in [1.54, 1.807) is 6.92 Å². The Labute approximate surface area is 159 Å². The Morgan fingerprint density at radius 2 is 1.89 bits per heavy atom. The van der Waals surface area contributed by atoms with Gasteiger partial charge in [-0.3, -0.25) is 4.79 Å². The molecule has 1 aromatic carbocycles. The molecule has 0 atom stereocenters. The molecular formula is C18H18ClF3N4O. The van der Waals surface area contributed by atoms with Crippen LogP contribution >= 0.6 is 11.6 Å². The van der Waals surface area contributed by atoms with Gasteiger partial charge in [-0.1, -0.05) is 24.4 Å². The topological polar surface area (TPSA) is 66.9 Å². The summed E-state index contributed by atoms with van der Waals surface area (Å²) in [4.78, 5) is 20.6. The van der Waals surface area contributed by atoms with Crippen LogP contribution in [0.1, 0.15) is 47.6 Å². The lowest BCUT2D eigenvalue weighted by molar-refractivity contribution is -0.136. The van der Waals surface area contributed by atoms with E-state index in [-0.39, 0.29) is 40.0 Å². The molecule has 9 heteroatoms. The molecule has 1 aromatic heterocycles. The third-order valence-electron chi connectivity index (χ3n) is 4.31. The second kappa shape index (κ2) is 7.72. The molecule has 0 unspecified atom stereocenters. The molecule has 1 saturated carbocycles. The number of hydrogen-bond donors (Lipinski definition) is 2. The highest BCUT2D eigenvalue weighted by Gasteiger charge is 2.34. The average Bonchev–Trinajstić information content (AvgIpc) is 3.08. The van der Waals surface area contributed by atoms with Gasteiger partial charge in [0.1, 0.15) is 17.3 Å². The van der Waals surface area contributed by atoms with Crippen molar-refractivity contribution in [3.05, 3.63) is 46.4 Å². The Kier molecular flexibility index (Phi) is 5.55. The second-order valence-electron chi connectivity index (χ2n) is 6.45. The van der Waals surface area contributed by atoms with Crippen LogP contribution in [0.2, 0.25) is 5.02 Å². The molecule has 3 rings (SSSR count). The lowest BCUT2D eigenvalue weighted by Crippen LogP contribution is -2.33. The first kappa shape index (κ1) is 19.4. The van der Waals surface area contributed by atoms with Crippen LogP contribution in [0.15, 0.2) is 24.3 Å². The summed E-state index contributed by atoms with van der Waals surface area (Å²) in [5, 5.41) is 5.50. The fourth-order valence-electron chi connectivity index (χ4n) is 3.08. The van der Waals surface area contributed by atoms with Crippen LogP contribution in [-0.4, -0.2) is 21.9 Å². The third kappa shape index (κ3) is 4.88. The van der Waals surface area contributed by atoms with Gasteiger partial charge < -0.3 is 10.6 Å². The molecule has 27 heavy (non-hydrogen) atoms. The van der Waals surface area contributed by atoms with Crippen LogP contribution < -0.4 is 10.6 Å². The normalized spacial score (nSPS) is 15.0. The van der Waals surface area contributed by atoms with Gasteiger partial charge >= 0.3 is 6.18 Å². The number of carbonyl (C=O) groups excluding carboxylic acids is 1. The molecule has 0 aliphatic heterocycles.